The third-order valence-corrected chi connectivity index (χ3v) is 2.15. The second kappa shape index (κ2) is 3.31. The van der Waals surface area contributed by atoms with Gasteiger partial charge in [-0.1, -0.05) is 11.6 Å². The summed E-state index contributed by atoms with van der Waals surface area (Å²) < 4.78 is 4.55. The van der Waals surface area contributed by atoms with Crippen LogP contribution in [0.3, 0.4) is 0 Å². The summed E-state index contributed by atoms with van der Waals surface area (Å²) in [6, 6.07) is 3.41. The molecule has 0 aliphatic heterocycles. The SMILES string of the molecule is COC(=O)c1nc2cc[nH]c2cc1Cl. The quantitative estimate of drug-likeness (QED) is 0.733. The van der Waals surface area contributed by atoms with Crippen LogP contribution in [0.4, 0.5) is 0 Å². The molecule has 0 aliphatic rings. The van der Waals surface area contributed by atoms with E-state index in [-0.39, 0.29) is 10.7 Å². The molecule has 72 valence electrons. The molecular weight excluding hydrogens is 204 g/mol. The fraction of sp³-hybridized carbons (Fsp3) is 0.111. The molecule has 0 atom stereocenters. The zero-order chi connectivity index (χ0) is 10.1. The molecule has 0 unspecified atom stereocenters. The van der Waals surface area contributed by atoms with Gasteiger partial charge in [0.15, 0.2) is 5.69 Å². The number of aromatic nitrogens is 2. The van der Waals surface area contributed by atoms with Crippen LogP contribution < -0.4 is 0 Å². The van der Waals surface area contributed by atoms with Gasteiger partial charge in [-0.2, -0.15) is 0 Å². The average Bonchev–Trinajstić information content (AvgIpc) is 2.62. The van der Waals surface area contributed by atoms with Crippen molar-refractivity contribution in [2.75, 3.05) is 7.11 Å². The normalized spacial score (nSPS) is 10.4. The van der Waals surface area contributed by atoms with Crippen molar-refractivity contribution < 1.29 is 9.53 Å². The maximum absolute atomic E-state index is 11.2. The second-order valence-corrected chi connectivity index (χ2v) is 3.13. The van der Waals surface area contributed by atoms with Crippen molar-refractivity contribution in [3.05, 3.63) is 29.0 Å². The van der Waals surface area contributed by atoms with Gasteiger partial charge >= 0.3 is 5.97 Å². The van der Waals surface area contributed by atoms with Gasteiger partial charge in [0.2, 0.25) is 0 Å². The summed E-state index contributed by atoms with van der Waals surface area (Å²) in [5.41, 5.74) is 1.62. The van der Waals surface area contributed by atoms with Gasteiger partial charge in [0, 0.05) is 6.20 Å². The third-order valence-electron chi connectivity index (χ3n) is 1.86. The van der Waals surface area contributed by atoms with Gasteiger partial charge in [-0.25, -0.2) is 9.78 Å². The number of hydrogen-bond acceptors (Lipinski definition) is 3. The van der Waals surface area contributed by atoms with Crippen LogP contribution in [0.2, 0.25) is 5.02 Å². The van der Waals surface area contributed by atoms with Crippen LogP contribution in [0.15, 0.2) is 18.3 Å². The third kappa shape index (κ3) is 1.33. The summed E-state index contributed by atoms with van der Waals surface area (Å²) >= 11 is 5.85. The Bertz CT molecular complexity index is 493. The number of nitrogens with zero attached hydrogens (tertiary/aromatic N) is 1. The number of carbonyl (C=O) groups is 1. The summed E-state index contributed by atoms with van der Waals surface area (Å²) in [6.07, 6.45) is 1.73. The first-order valence-corrected chi connectivity index (χ1v) is 4.32. The Kier molecular flexibility index (Phi) is 2.13. The molecule has 2 aromatic rings. The second-order valence-electron chi connectivity index (χ2n) is 2.72. The monoisotopic (exact) mass is 210 g/mol. The highest BCUT2D eigenvalue weighted by atomic mass is 35.5. The Morgan fingerprint density at radius 2 is 2.43 bits per heavy atom. The Balaban J connectivity index is 2.64. The lowest BCUT2D eigenvalue weighted by Crippen LogP contribution is -2.04. The number of H-pyrrole nitrogens is 1. The van der Waals surface area contributed by atoms with Crippen LogP contribution in [0, 0.1) is 0 Å². The van der Waals surface area contributed by atoms with Crippen molar-refractivity contribution in [1.82, 2.24) is 9.97 Å². The maximum atomic E-state index is 11.2. The smallest absolute Gasteiger partial charge is 0.358 e. The van der Waals surface area contributed by atoms with Crippen LogP contribution >= 0.6 is 11.6 Å². The fourth-order valence-electron chi connectivity index (χ4n) is 1.20. The van der Waals surface area contributed by atoms with E-state index >= 15 is 0 Å². The highest BCUT2D eigenvalue weighted by molar-refractivity contribution is 6.33. The van der Waals surface area contributed by atoms with Gasteiger partial charge in [-0.3, -0.25) is 0 Å². The van der Waals surface area contributed by atoms with Crippen LogP contribution in [0.5, 0.6) is 0 Å². The number of halogens is 1. The first kappa shape index (κ1) is 9.02. The van der Waals surface area contributed by atoms with Gasteiger partial charge in [-0.05, 0) is 12.1 Å². The number of pyridine rings is 1. The largest absolute Gasteiger partial charge is 0.464 e. The number of fused-ring (bicyclic) bond motifs is 1. The topological polar surface area (TPSA) is 55.0 Å². The summed E-state index contributed by atoms with van der Waals surface area (Å²) in [5.74, 6) is -0.530. The molecule has 5 heteroatoms. The summed E-state index contributed by atoms with van der Waals surface area (Å²) in [7, 11) is 1.29. The van der Waals surface area contributed by atoms with Crippen molar-refractivity contribution in [3.8, 4) is 0 Å². The van der Waals surface area contributed by atoms with Crippen LogP contribution in [-0.2, 0) is 4.74 Å². The number of aromatic amines is 1. The average molecular weight is 211 g/mol. The summed E-state index contributed by atoms with van der Waals surface area (Å²) in [6.45, 7) is 0. The van der Waals surface area contributed by atoms with Crippen molar-refractivity contribution in [1.29, 1.82) is 0 Å². The van der Waals surface area contributed by atoms with Gasteiger partial charge < -0.3 is 9.72 Å². The molecule has 0 saturated heterocycles. The molecule has 0 fully saturated rings. The number of methoxy groups -OCH3 is 1. The number of hydrogen-bond donors (Lipinski definition) is 1. The number of carbonyl (C=O) groups excluding carboxylic acids is 1. The molecule has 4 nitrogen and oxygen atoms in total. The van der Waals surface area contributed by atoms with E-state index in [1.165, 1.54) is 7.11 Å². The maximum Gasteiger partial charge on any atom is 0.358 e. The molecule has 2 heterocycles. The van der Waals surface area contributed by atoms with Gasteiger partial charge in [0.25, 0.3) is 0 Å². The van der Waals surface area contributed by atoms with E-state index in [4.69, 9.17) is 11.6 Å². The molecule has 2 rings (SSSR count). The van der Waals surface area contributed by atoms with Crippen LogP contribution in [-0.4, -0.2) is 23.0 Å². The minimum atomic E-state index is -0.530. The molecule has 1 N–H and O–H groups in total. The first-order valence-electron chi connectivity index (χ1n) is 3.94. The zero-order valence-electron chi connectivity index (χ0n) is 7.37. The minimum absolute atomic E-state index is 0.140. The molecule has 0 saturated carbocycles. The Morgan fingerprint density at radius 3 is 3.14 bits per heavy atom. The molecular formula is C9H7ClN2O2. The Morgan fingerprint density at radius 1 is 1.64 bits per heavy atom. The number of nitrogens with one attached hydrogen (secondary N) is 1. The number of rotatable bonds is 1. The molecule has 0 aliphatic carbocycles. The van der Waals surface area contributed by atoms with E-state index in [9.17, 15) is 4.79 Å². The van der Waals surface area contributed by atoms with E-state index in [1.807, 2.05) is 0 Å². The first-order chi connectivity index (χ1) is 6.72. The molecule has 0 bridgehead atoms. The van der Waals surface area contributed by atoms with E-state index in [0.29, 0.717) is 5.52 Å². The molecule has 0 radical (unpaired) electrons. The van der Waals surface area contributed by atoms with Crippen molar-refractivity contribution in [2.24, 2.45) is 0 Å². The Hall–Kier alpha value is -1.55. The van der Waals surface area contributed by atoms with Gasteiger partial charge in [0.05, 0.1) is 23.2 Å². The van der Waals surface area contributed by atoms with Crippen molar-refractivity contribution in [2.45, 2.75) is 0 Å². The summed E-state index contributed by atoms with van der Waals surface area (Å²) in [5, 5.41) is 0.284. The van der Waals surface area contributed by atoms with E-state index in [1.54, 1.807) is 18.3 Å². The van der Waals surface area contributed by atoms with Crippen molar-refractivity contribution >= 4 is 28.6 Å². The van der Waals surface area contributed by atoms with E-state index < -0.39 is 5.97 Å². The van der Waals surface area contributed by atoms with Crippen molar-refractivity contribution in [3.63, 3.8) is 0 Å². The Labute approximate surface area is 84.9 Å². The number of esters is 1. The lowest BCUT2D eigenvalue weighted by molar-refractivity contribution is 0.0595. The predicted octanol–water partition coefficient (Wildman–Crippen LogP) is 2.00. The fourth-order valence-corrected chi connectivity index (χ4v) is 1.42. The van der Waals surface area contributed by atoms with Gasteiger partial charge in [0.1, 0.15) is 0 Å². The minimum Gasteiger partial charge on any atom is -0.464 e. The number of ether oxygens (including phenoxy) is 1. The molecule has 0 amide bonds. The highest BCUT2D eigenvalue weighted by Gasteiger charge is 2.13. The molecule has 2 aromatic heterocycles. The van der Waals surface area contributed by atoms with E-state index in [2.05, 4.69) is 14.7 Å². The standard InChI is InChI=1S/C9H7ClN2O2/c1-14-9(13)8-5(10)4-7-6(12-8)2-3-11-7/h2-4,11H,1H3. The molecule has 0 aromatic carbocycles. The molecule has 14 heavy (non-hydrogen) atoms. The lowest BCUT2D eigenvalue weighted by atomic mass is 10.3. The highest BCUT2D eigenvalue weighted by Crippen LogP contribution is 2.20. The van der Waals surface area contributed by atoms with Crippen LogP contribution in [0.1, 0.15) is 10.5 Å². The zero-order valence-corrected chi connectivity index (χ0v) is 8.13. The van der Waals surface area contributed by atoms with Gasteiger partial charge in [-0.15, -0.1) is 0 Å². The van der Waals surface area contributed by atoms with E-state index in [0.717, 1.165) is 5.52 Å². The summed E-state index contributed by atoms with van der Waals surface area (Å²) in [4.78, 5) is 18.2. The predicted molar refractivity (Wildman–Crippen MR) is 52.4 cm³/mol. The van der Waals surface area contributed by atoms with Crippen LogP contribution in [0.25, 0.3) is 11.0 Å². The molecule has 0 spiro atoms. The lowest BCUT2D eigenvalue weighted by Gasteiger charge is -2.00.